The van der Waals surface area contributed by atoms with Crippen LogP contribution in [0.5, 0.6) is 5.75 Å². The molecule has 7 heteroatoms. The van der Waals surface area contributed by atoms with E-state index in [1.54, 1.807) is 24.3 Å². The van der Waals surface area contributed by atoms with Crippen molar-refractivity contribution in [1.29, 1.82) is 0 Å². The monoisotopic (exact) mass is 348 g/mol. The van der Waals surface area contributed by atoms with Crippen LogP contribution in [0.15, 0.2) is 46.0 Å². The van der Waals surface area contributed by atoms with E-state index >= 15 is 0 Å². The maximum Gasteiger partial charge on any atom is 0.302 e. The fourth-order valence-electron chi connectivity index (χ4n) is 3.19. The highest BCUT2D eigenvalue weighted by molar-refractivity contribution is 6.32. The minimum absolute atomic E-state index is 0.0340. The number of carbonyl (C=O) groups is 2. The first-order chi connectivity index (χ1) is 11.6. The summed E-state index contributed by atoms with van der Waals surface area (Å²) >= 11 is 5.92. The second-order valence-electron chi connectivity index (χ2n) is 5.91. The number of fused-ring (bicyclic) bond motifs is 1. The van der Waals surface area contributed by atoms with Crippen LogP contribution in [0, 0.1) is 11.8 Å². The number of aliphatic hydroxyl groups excluding tert-OH is 1. The fourth-order valence-corrected chi connectivity index (χ4v) is 3.38. The van der Waals surface area contributed by atoms with Crippen LogP contribution in [-0.4, -0.2) is 23.4 Å². The third-order valence-corrected chi connectivity index (χ3v) is 4.69. The summed E-state index contributed by atoms with van der Waals surface area (Å²) in [6.07, 6.45) is 3.46. The zero-order valence-corrected chi connectivity index (χ0v) is 13.7. The zero-order chi connectivity index (χ0) is 17.1. The topological polar surface area (TPSA) is 88.3 Å². The molecule has 0 aromatic heterocycles. The quantitative estimate of drug-likeness (QED) is 0.837. The number of hydrogen-bond donors (Lipinski definition) is 1. The van der Waals surface area contributed by atoms with E-state index in [0.717, 1.165) is 25.7 Å². The van der Waals surface area contributed by atoms with Gasteiger partial charge in [0.05, 0.1) is 5.02 Å². The average molecular weight is 349 g/mol. The molecule has 6 nitrogen and oxygen atoms in total. The van der Waals surface area contributed by atoms with Gasteiger partial charge in [-0.25, -0.2) is 0 Å². The van der Waals surface area contributed by atoms with Crippen LogP contribution in [-0.2, 0) is 9.59 Å². The van der Waals surface area contributed by atoms with Gasteiger partial charge in [0, 0.05) is 11.8 Å². The number of carbonyl (C=O) groups excluding carboxylic acids is 2. The van der Waals surface area contributed by atoms with Crippen molar-refractivity contribution in [2.75, 3.05) is 6.61 Å². The molecule has 1 saturated carbocycles. The lowest BCUT2D eigenvalue weighted by atomic mass is 9.80. The second kappa shape index (κ2) is 7.13. The highest BCUT2D eigenvalue weighted by atomic mass is 35.5. The number of ether oxygens (including phenoxy) is 1. The minimum atomic E-state index is -0.655. The molecule has 2 aliphatic rings. The Hall–Kier alpha value is -2.21. The van der Waals surface area contributed by atoms with E-state index in [4.69, 9.17) is 16.3 Å². The summed E-state index contributed by atoms with van der Waals surface area (Å²) in [6, 6.07) is 6.75. The first-order valence-electron chi connectivity index (χ1n) is 7.87. The molecule has 0 radical (unpaired) electrons. The molecule has 24 heavy (non-hydrogen) atoms. The lowest BCUT2D eigenvalue weighted by molar-refractivity contribution is -0.120. The van der Waals surface area contributed by atoms with E-state index < -0.39 is 5.91 Å². The molecule has 0 spiro atoms. The SMILES string of the molecule is O=C(COc1ccccc1Cl)N=NC1=C(O)C2CCCCC2C1=O. The van der Waals surface area contributed by atoms with Gasteiger partial charge >= 0.3 is 5.91 Å². The molecule has 2 atom stereocenters. The molecule has 0 bridgehead atoms. The van der Waals surface area contributed by atoms with Gasteiger partial charge in [-0.2, -0.15) is 0 Å². The number of rotatable bonds is 4. The Balaban J connectivity index is 1.63. The first-order valence-corrected chi connectivity index (χ1v) is 8.25. The van der Waals surface area contributed by atoms with Crippen LogP contribution in [0.3, 0.4) is 0 Å². The number of azo groups is 1. The summed E-state index contributed by atoms with van der Waals surface area (Å²) in [5.41, 5.74) is -0.0852. The molecule has 1 N–H and O–H groups in total. The largest absolute Gasteiger partial charge is 0.510 e. The van der Waals surface area contributed by atoms with E-state index in [1.165, 1.54) is 0 Å². The molecule has 0 heterocycles. The second-order valence-corrected chi connectivity index (χ2v) is 6.32. The fraction of sp³-hybridized carbons (Fsp3) is 0.412. The van der Waals surface area contributed by atoms with Gasteiger partial charge in [0.2, 0.25) is 0 Å². The number of Topliss-reactive ketones (excluding diaryl/α,β-unsaturated/α-hetero) is 1. The van der Waals surface area contributed by atoms with Gasteiger partial charge in [-0.05, 0) is 25.0 Å². The van der Waals surface area contributed by atoms with E-state index in [0.29, 0.717) is 10.8 Å². The van der Waals surface area contributed by atoms with Crippen LogP contribution in [0.1, 0.15) is 25.7 Å². The summed E-state index contributed by atoms with van der Waals surface area (Å²) < 4.78 is 5.26. The molecular weight excluding hydrogens is 332 g/mol. The van der Waals surface area contributed by atoms with Crippen molar-refractivity contribution in [2.45, 2.75) is 25.7 Å². The maximum absolute atomic E-state index is 12.3. The normalized spacial score (nSPS) is 23.6. The molecule has 1 aromatic carbocycles. The lowest BCUT2D eigenvalue weighted by Crippen LogP contribution is -2.21. The van der Waals surface area contributed by atoms with E-state index in [-0.39, 0.29) is 35.7 Å². The number of nitrogens with zero attached hydrogens (tertiary/aromatic N) is 2. The van der Waals surface area contributed by atoms with Gasteiger partial charge in [0.1, 0.15) is 11.5 Å². The van der Waals surface area contributed by atoms with Crippen LogP contribution in [0.25, 0.3) is 0 Å². The highest BCUT2D eigenvalue weighted by Crippen LogP contribution is 2.42. The van der Waals surface area contributed by atoms with Crippen LogP contribution in [0.4, 0.5) is 0 Å². The van der Waals surface area contributed by atoms with E-state index in [1.807, 2.05) is 0 Å². The molecule has 126 valence electrons. The minimum Gasteiger partial charge on any atom is -0.510 e. The van der Waals surface area contributed by atoms with Crippen molar-refractivity contribution in [3.63, 3.8) is 0 Å². The Bertz CT molecular complexity index is 729. The highest BCUT2D eigenvalue weighted by Gasteiger charge is 2.43. The van der Waals surface area contributed by atoms with Gasteiger partial charge in [0.25, 0.3) is 0 Å². The molecule has 1 fully saturated rings. The van der Waals surface area contributed by atoms with Gasteiger partial charge in [-0.15, -0.1) is 10.2 Å². The summed E-state index contributed by atoms with van der Waals surface area (Å²) in [7, 11) is 0. The summed E-state index contributed by atoms with van der Waals surface area (Å²) in [5, 5.41) is 17.7. The molecule has 2 aliphatic carbocycles. The number of ketones is 1. The number of para-hydroxylation sites is 1. The maximum atomic E-state index is 12.3. The summed E-state index contributed by atoms with van der Waals surface area (Å²) in [5.74, 6) is -0.934. The van der Waals surface area contributed by atoms with Gasteiger partial charge < -0.3 is 9.84 Å². The van der Waals surface area contributed by atoms with E-state index in [2.05, 4.69) is 10.2 Å². The van der Waals surface area contributed by atoms with Gasteiger partial charge in [0.15, 0.2) is 18.1 Å². The van der Waals surface area contributed by atoms with Gasteiger partial charge in [-0.3, -0.25) is 9.59 Å². The van der Waals surface area contributed by atoms with Crippen molar-refractivity contribution >= 4 is 23.3 Å². The van der Waals surface area contributed by atoms with Crippen molar-refractivity contribution < 1.29 is 19.4 Å². The average Bonchev–Trinajstić information content (AvgIpc) is 2.84. The molecule has 2 unspecified atom stereocenters. The summed E-state index contributed by atoms with van der Waals surface area (Å²) in [6.45, 7) is -0.345. The number of benzene rings is 1. The Kier molecular flexibility index (Phi) is 4.94. The molecule has 0 aliphatic heterocycles. The predicted octanol–water partition coefficient (Wildman–Crippen LogP) is 3.86. The van der Waals surface area contributed by atoms with Crippen LogP contribution >= 0.6 is 11.6 Å². The lowest BCUT2D eigenvalue weighted by Gasteiger charge is -2.23. The third-order valence-electron chi connectivity index (χ3n) is 4.38. The zero-order valence-electron chi connectivity index (χ0n) is 12.9. The molecular formula is C17H17ClN2O4. The van der Waals surface area contributed by atoms with Crippen LogP contribution < -0.4 is 4.74 Å². The van der Waals surface area contributed by atoms with Crippen molar-refractivity contribution in [3.8, 4) is 5.75 Å². The van der Waals surface area contributed by atoms with Crippen molar-refractivity contribution in [3.05, 3.63) is 40.7 Å². The third kappa shape index (κ3) is 3.33. The number of aliphatic hydroxyl groups is 1. The Labute approximate surface area is 144 Å². The Morgan fingerprint density at radius 2 is 1.96 bits per heavy atom. The smallest absolute Gasteiger partial charge is 0.302 e. The molecule has 1 aromatic rings. The van der Waals surface area contributed by atoms with Gasteiger partial charge in [-0.1, -0.05) is 36.6 Å². The summed E-state index contributed by atoms with van der Waals surface area (Å²) in [4.78, 5) is 24.0. The number of allylic oxidation sites excluding steroid dienone is 2. The molecule has 3 rings (SSSR count). The Morgan fingerprint density at radius 3 is 2.67 bits per heavy atom. The first kappa shape index (κ1) is 16.6. The standard InChI is InChI=1S/C17H17ClN2O4/c18-12-7-3-4-8-13(12)24-9-14(21)19-20-15-16(22)10-5-1-2-6-11(10)17(15)23/h3-4,7-8,10-11,22H,1-2,5-6,9H2. The number of hydrogen-bond acceptors (Lipinski definition) is 5. The van der Waals surface area contributed by atoms with E-state index in [9.17, 15) is 14.7 Å². The number of amides is 1. The number of halogens is 1. The van der Waals surface area contributed by atoms with Crippen LogP contribution in [0.2, 0.25) is 5.02 Å². The molecule has 0 saturated heterocycles. The Morgan fingerprint density at radius 1 is 1.25 bits per heavy atom. The molecule has 1 amide bonds. The van der Waals surface area contributed by atoms with Crippen molar-refractivity contribution in [1.82, 2.24) is 0 Å². The van der Waals surface area contributed by atoms with Crippen molar-refractivity contribution in [2.24, 2.45) is 22.1 Å². The predicted molar refractivity (Wildman–Crippen MR) is 86.9 cm³/mol.